The summed E-state index contributed by atoms with van der Waals surface area (Å²) >= 11 is 0. The molecule has 1 aliphatic rings. The third-order valence-electron chi connectivity index (χ3n) is 3.47. The Kier molecular flexibility index (Phi) is 6.45. The first-order valence-electron chi connectivity index (χ1n) is 6.93. The van der Waals surface area contributed by atoms with Gasteiger partial charge in [0.1, 0.15) is 0 Å². The van der Waals surface area contributed by atoms with Gasteiger partial charge in [0.05, 0.1) is 6.61 Å². The summed E-state index contributed by atoms with van der Waals surface area (Å²) in [5.74, 6) is 0.700. The molecular formula is C14H29NO2. The zero-order valence-corrected chi connectivity index (χ0v) is 11.9. The molecule has 17 heavy (non-hydrogen) atoms. The molecule has 1 aliphatic heterocycles. The van der Waals surface area contributed by atoms with Gasteiger partial charge in [0.15, 0.2) is 0 Å². The Morgan fingerprint density at radius 1 is 1.29 bits per heavy atom. The van der Waals surface area contributed by atoms with E-state index in [9.17, 15) is 0 Å². The Hall–Kier alpha value is -0.120. The van der Waals surface area contributed by atoms with Gasteiger partial charge in [-0.3, -0.25) is 0 Å². The lowest BCUT2D eigenvalue weighted by Crippen LogP contribution is -2.44. The summed E-state index contributed by atoms with van der Waals surface area (Å²) in [6, 6.07) is 0.437. The number of ether oxygens (including phenoxy) is 2. The Morgan fingerprint density at radius 2 is 1.94 bits per heavy atom. The summed E-state index contributed by atoms with van der Waals surface area (Å²) in [7, 11) is 0. The van der Waals surface area contributed by atoms with Crippen LogP contribution in [0.2, 0.25) is 0 Å². The first kappa shape index (κ1) is 14.9. The minimum atomic E-state index is 0.256. The summed E-state index contributed by atoms with van der Waals surface area (Å²) in [4.78, 5) is 0. The van der Waals surface area contributed by atoms with Crippen molar-refractivity contribution in [2.45, 2.75) is 46.6 Å². The Bertz CT molecular complexity index is 195. The van der Waals surface area contributed by atoms with Crippen molar-refractivity contribution in [1.29, 1.82) is 0 Å². The van der Waals surface area contributed by atoms with Gasteiger partial charge in [-0.15, -0.1) is 0 Å². The SMILES string of the molecule is CCNC(COCC1CCOCC1)C(C)(C)C. The number of nitrogens with one attached hydrogen (secondary N) is 1. The van der Waals surface area contributed by atoms with Gasteiger partial charge in [-0.25, -0.2) is 0 Å². The van der Waals surface area contributed by atoms with Crippen LogP contribution in [0.4, 0.5) is 0 Å². The normalized spacial score (nSPS) is 20.5. The van der Waals surface area contributed by atoms with E-state index in [1.165, 1.54) is 0 Å². The lowest BCUT2D eigenvalue weighted by molar-refractivity contribution is 0.00630. The molecule has 0 radical (unpaired) electrons. The lowest BCUT2D eigenvalue weighted by atomic mass is 9.87. The molecule has 102 valence electrons. The van der Waals surface area contributed by atoms with Crippen LogP contribution in [0.3, 0.4) is 0 Å². The van der Waals surface area contributed by atoms with Crippen LogP contribution in [-0.4, -0.2) is 39.0 Å². The van der Waals surface area contributed by atoms with Gasteiger partial charge in [0.25, 0.3) is 0 Å². The number of rotatable bonds is 6. The highest BCUT2D eigenvalue weighted by Crippen LogP contribution is 2.20. The summed E-state index contributed by atoms with van der Waals surface area (Å²) < 4.78 is 11.2. The zero-order valence-electron chi connectivity index (χ0n) is 11.9. The van der Waals surface area contributed by atoms with Crippen LogP contribution in [-0.2, 0) is 9.47 Å². The van der Waals surface area contributed by atoms with Crippen molar-refractivity contribution in [1.82, 2.24) is 5.32 Å². The fourth-order valence-corrected chi connectivity index (χ4v) is 2.13. The molecule has 0 bridgehead atoms. The monoisotopic (exact) mass is 243 g/mol. The summed E-state index contributed by atoms with van der Waals surface area (Å²) in [6.07, 6.45) is 2.31. The van der Waals surface area contributed by atoms with Gasteiger partial charge < -0.3 is 14.8 Å². The van der Waals surface area contributed by atoms with Crippen LogP contribution in [0.1, 0.15) is 40.5 Å². The quantitative estimate of drug-likeness (QED) is 0.777. The van der Waals surface area contributed by atoms with Crippen molar-refractivity contribution < 1.29 is 9.47 Å². The molecule has 1 fully saturated rings. The zero-order chi connectivity index (χ0) is 12.7. The van der Waals surface area contributed by atoms with E-state index in [1.54, 1.807) is 0 Å². The van der Waals surface area contributed by atoms with Gasteiger partial charge >= 0.3 is 0 Å². The summed E-state index contributed by atoms with van der Waals surface area (Å²) in [6.45, 7) is 13.5. The predicted molar refractivity (Wildman–Crippen MR) is 71.3 cm³/mol. The second kappa shape index (κ2) is 7.34. The first-order chi connectivity index (χ1) is 8.04. The van der Waals surface area contributed by atoms with E-state index in [4.69, 9.17) is 9.47 Å². The largest absolute Gasteiger partial charge is 0.381 e. The van der Waals surface area contributed by atoms with Crippen molar-refractivity contribution in [3.8, 4) is 0 Å². The van der Waals surface area contributed by atoms with Crippen LogP contribution in [0.5, 0.6) is 0 Å². The molecule has 0 aromatic heterocycles. The maximum atomic E-state index is 5.90. The van der Waals surface area contributed by atoms with Crippen LogP contribution < -0.4 is 5.32 Å². The van der Waals surface area contributed by atoms with Gasteiger partial charge in [-0.1, -0.05) is 27.7 Å². The van der Waals surface area contributed by atoms with Crippen molar-refractivity contribution >= 4 is 0 Å². The molecule has 3 nitrogen and oxygen atoms in total. The van der Waals surface area contributed by atoms with Gasteiger partial charge in [-0.05, 0) is 30.7 Å². The molecule has 1 saturated heterocycles. The Labute approximate surface area is 106 Å². The topological polar surface area (TPSA) is 30.5 Å². The first-order valence-corrected chi connectivity index (χ1v) is 6.93. The minimum absolute atomic E-state index is 0.256. The molecule has 3 heteroatoms. The van der Waals surface area contributed by atoms with E-state index in [1.807, 2.05) is 0 Å². The van der Waals surface area contributed by atoms with E-state index in [0.29, 0.717) is 12.0 Å². The average molecular weight is 243 g/mol. The second-order valence-electron chi connectivity index (χ2n) is 6.07. The Morgan fingerprint density at radius 3 is 2.47 bits per heavy atom. The molecule has 0 spiro atoms. The molecule has 0 aromatic rings. The fourth-order valence-electron chi connectivity index (χ4n) is 2.13. The predicted octanol–water partition coefficient (Wildman–Crippen LogP) is 2.45. The third kappa shape index (κ3) is 5.84. The van der Waals surface area contributed by atoms with Crippen LogP contribution >= 0.6 is 0 Å². The molecule has 1 rings (SSSR count). The molecule has 0 amide bonds. The van der Waals surface area contributed by atoms with Crippen LogP contribution in [0.25, 0.3) is 0 Å². The number of hydrogen-bond donors (Lipinski definition) is 1. The fraction of sp³-hybridized carbons (Fsp3) is 1.00. The molecule has 0 aromatic carbocycles. The van der Waals surface area contributed by atoms with E-state index >= 15 is 0 Å². The standard InChI is InChI=1S/C14H29NO2/c1-5-15-13(14(2,3)4)11-17-10-12-6-8-16-9-7-12/h12-13,15H,5-11H2,1-4H3. The molecule has 0 saturated carbocycles. The summed E-state index contributed by atoms with van der Waals surface area (Å²) in [5, 5.41) is 3.51. The van der Waals surface area contributed by atoms with E-state index in [2.05, 4.69) is 33.0 Å². The summed E-state index contributed by atoms with van der Waals surface area (Å²) in [5.41, 5.74) is 0.256. The van der Waals surface area contributed by atoms with Crippen LogP contribution in [0.15, 0.2) is 0 Å². The molecule has 1 N–H and O–H groups in total. The van der Waals surface area contributed by atoms with Gasteiger partial charge in [-0.2, -0.15) is 0 Å². The van der Waals surface area contributed by atoms with Gasteiger partial charge in [0, 0.05) is 25.9 Å². The Balaban J connectivity index is 2.21. The smallest absolute Gasteiger partial charge is 0.0624 e. The molecule has 1 unspecified atom stereocenters. The van der Waals surface area contributed by atoms with Gasteiger partial charge in [0.2, 0.25) is 0 Å². The number of hydrogen-bond acceptors (Lipinski definition) is 3. The van der Waals surface area contributed by atoms with Crippen molar-refractivity contribution in [2.24, 2.45) is 11.3 Å². The van der Waals surface area contributed by atoms with Crippen LogP contribution in [0, 0.1) is 11.3 Å². The molecule has 0 aliphatic carbocycles. The van der Waals surface area contributed by atoms with Crippen molar-refractivity contribution in [3.05, 3.63) is 0 Å². The second-order valence-corrected chi connectivity index (χ2v) is 6.07. The molecule has 1 atom stereocenters. The average Bonchev–Trinajstić information content (AvgIpc) is 2.28. The highest BCUT2D eigenvalue weighted by molar-refractivity contribution is 4.79. The molecule has 1 heterocycles. The maximum absolute atomic E-state index is 5.90. The minimum Gasteiger partial charge on any atom is -0.381 e. The lowest BCUT2D eigenvalue weighted by Gasteiger charge is -2.32. The van der Waals surface area contributed by atoms with E-state index in [0.717, 1.165) is 45.8 Å². The van der Waals surface area contributed by atoms with E-state index < -0.39 is 0 Å². The number of likely N-dealkylation sites (N-methyl/N-ethyl adjacent to an activating group) is 1. The highest BCUT2D eigenvalue weighted by atomic mass is 16.5. The molecular weight excluding hydrogens is 214 g/mol. The van der Waals surface area contributed by atoms with E-state index in [-0.39, 0.29) is 5.41 Å². The maximum Gasteiger partial charge on any atom is 0.0624 e. The van der Waals surface area contributed by atoms with Crippen molar-refractivity contribution in [2.75, 3.05) is 33.0 Å². The van der Waals surface area contributed by atoms with Crippen molar-refractivity contribution in [3.63, 3.8) is 0 Å². The highest BCUT2D eigenvalue weighted by Gasteiger charge is 2.24. The third-order valence-corrected chi connectivity index (χ3v) is 3.47.